The maximum Gasteiger partial charge on any atom is 0.339 e. The summed E-state index contributed by atoms with van der Waals surface area (Å²) in [7, 11) is 0. The van der Waals surface area contributed by atoms with Gasteiger partial charge < -0.3 is 9.47 Å². The summed E-state index contributed by atoms with van der Waals surface area (Å²) >= 11 is 0. The van der Waals surface area contributed by atoms with Gasteiger partial charge in [-0.25, -0.2) is 9.59 Å². The zero-order valence-corrected chi connectivity index (χ0v) is 15.8. The van der Waals surface area contributed by atoms with E-state index in [1.807, 2.05) is 13.0 Å². The van der Waals surface area contributed by atoms with E-state index < -0.39 is 47.2 Å². The van der Waals surface area contributed by atoms with Gasteiger partial charge in [0.05, 0.1) is 23.2 Å². The summed E-state index contributed by atoms with van der Waals surface area (Å²) in [6.07, 6.45) is 3.72. The van der Waals surface area contributed by atoms with Crippen LogP contribution >= 0.6 is 0 Å². The lowest BCUT2D eigenvalue weighted by atomic mass is 10.0. The van der Waals surface area contributed by atoms with Gasteiger partial charge in [0.1, 0.15) is 6.61 Å². The zero-order chi connectivity index (χ0) is 23.0. The van der Waals surface area contributed by atoms with Crippen LogP contribution in [0.4, 0.5) is 0 Å². The Hall–Kier alpha value is -2.62. The van der Waals surface area contributed by atoms with Gasteiger partial charge in [-0.2, -0.15) is 0 Å². The van der Waals surface area contributed by atoms with Crippen molar-refractivity contribution < 1.29 is 24.5 Å². The predicted molar refractivity (Wildman–Crippen MR) is 106 cm³/mol. The third kappa shape index (κ3) is 6.55. The lowest BCUT2D eigenvalue weighted by molar-refractivity contribution is 0.0398. The van der Waals surface area contributed by atoms with Crippen molar-refractivity contribution in [3.63, 3.8) is 0 Å². The second-order valence-electron chi connectivity index (χ2n) is 6.33. The Morgan fingerprint density at radius 2 is 1.63 bits per heavy atom. The molecule has 0 aliphatic rings. The zero-order valence-electron chi connectivity index (χ0n) is 19.8. The van der Waals surface area contributed by atoms with E-state index in [2.05, 4.69) is 6.92 Å². The first-order valence-electron chi connectivity index (χ1n) is 11.3. The van der Waals surface area contributed by atoms with Crippen LogP contribution in [0.2, 0.25) is 0 Å². The summed E-state index contributed by atoms with van der Waals surface area (Å²) < 4.78 is 42.6. The Labute approximate surface area is 167 Å². The third-order valence-electron chi connectivity index (χ3n) is 4.30. The lowest BCUT2D eigenvalue weighted by Gasteiger charge is -2.15. The van der Waals surface area contributed by atoms with Crippen LogP contribution in [-0.2, 0) is 16.1 Å². The molecule has 0 heterocycles. The molecule has 0 aliphatic heterocycles. The second-order valence-corrected chi connectivity index (χ2v) is 6.33. The molecule has 1 unspecified atom stereocenters. The molecule has 1 atom stereocenters. The maximum absolute atomic E-state index is 12.8. The Balaban J connectivity index is 2.30. The second kappa shape index (κ2) is 11.2. The fraction of sp³-hybridized carbons (Fsp3) is 0.391. The van der Waals surface area contributed by atoms with Crippen molar-refractivity contribution in [2.75, 3.05) is 6.61 Å². The van der Waals surface area contributed by atoms with E-state index in [4.69, 9.17) is 15.0 Å². The van der Waals surface area contributed by atoms with E-state index in [0.29, 0.717) is 5.56 Å². The normalized spacial score (nSPS) is 13.7. The number of rotatable bonds is 10. The first-order valence-corrected chi connectivity index (χ1v) is 9.30. The molecule has 2 rings (SSSR count). The summed E-state index contributed by atoms with van der Waals surface area (Å²) in [6.45, 7) is 4.10. The molecule has 0 aromatic heterocycles. The molecule has 0 fully saturated rings. The van der Waals surface area contributed by atoms with Crippen molar-refractivity contribution in [3.05, 3.63) is 71.2 Å². The molecule has 2 aromatic carbocycles. The monoisotopic (exact) mass is 372 g/mol. The Morgan fingerprint density at radius 1 is 1.00 bits per heavy atom. The standard InChI is InChI=1S/C23H28O4/c1-3-5-11-18(4-2)16-26-22(24)20-14-9-10-15-21(20)23(25)27-17-19-12-7-6-8-13-19/h6-10,12-15,18H,3-5,11,16-17H2,1-2H3/i9D,10D,14D,15D. The molecule has 0 aliphatic carbocycles. The number of carbonyl (C=O) groups is 2. The molecule has 144 valence electrons. The van der Waals surface area contributed by atoms with Crippen LogP contribution < -0.4 is 0 Å². The lowest BCUT2D eigenvalue weighted by Crippen LogP contribution is -2.17. The molecule has 4 nitrogen and oxygen atoms in total. The maximum atomic E-state index is 12.8. The SMILES string of the molecule is [2H]c1c([2H])c([2H])c(C(=O)OCC(CC)CCCC)c(C(=O)OCc2ccccc2)c1[2H]. The quantitative estimate of drug-likeness (QED) is 0.523. The number of hydrogen-bond acceptors (Lipinski definition) is 4. The molecule has 0 bridgehead atoms. The van der Waals surface area contributed by atoms with Crippen molar-refractivity contribution in [2.45, 2.75) is 46.1 Å². The van der Waals surface area contributed by atoms with E-state index >= 15 is 0 Å². The van der Waals surface area contributed by atoms with Crippen LogP contribution in [0.15, 0.2) is 54.5 Å². The minimum absolute atomic E-state index is 0.0914. The largest absolute Gasteiger partial charge is 0.462 e. The molecule has 0 saturated carbocycles. The highest BCUT2D eigenvalue weighted by Crippen LogP contribution is 2.17. The van der Waals surface area contributed by atoms with Crippen molar-refractivity contribution in [2.24, 2.45) is 5.92 Å². The summed E-state index contributed by atoms with van der Waals surface area (Å²) in [5.74, 6) is -1.80. The molecule has 2 aromatic rings. The van der Waals surface area contributed by atoms with Gasteiger partial charge in [-0.3, -0.25) is 0 Å². The van der Waals surface area contributed by atoms with E-state index in [1.54, 1.807) is 24.3 Å². The van der Waals surface area contributed by atoms with Crippen molar-refractivity contribution in [1.82, 2.24) is 0 Å². The van der Waals surface area contributed by atoms with Crippen LogP contribution in [0.1, 0.15) is 71.3 Å². The van der Waals surface area contributed by atoms with Gasteiger partial charge in [0.25, 0.3) is 0 Å². The minimum Gasteiger partial charge on any atom is -0.462 e. The van der Waals surface area contributed by atoms with Gasteiger partial charge >= 0.3 is 11.9 Å². The number of carbonyl (C=O) groups excluding carboxylic acids is 2. The highest BCUT2D eigenvalue weighted by Gasteiger charge is 2.20. The fourth-order valence-corrected chi connectivity index (χ4v) is 2.58. The van der Waals surface area contributed by atoms with E-state index in [1.165, 1.54) is 0 Å². The smallest absolute Gasteiger partial charge is 0.339 e. The van der Waals surface area contributed by atoms with Crippen LogP contribution in [0.5, 0.6) is 0 Å². The van der Waals surface area contributed by atoms with Crippen molar-refractivity contribution >= 4 is 11.9 Å². The molecular weight excluding hydrogens is 340 g/mol. The van der Waals surface area contributed by atoms with Crippen LogP contribution in [-0.4, -0.2) is 18.5 Å². The molecular formula is C23H28O4. The predicted octanol–water partition coefficient (Wildman–Crippen LogP) is 5.42. The Morgan fingerprint density at radius 3 is 2.22 bits per heavy atom. The molecule has 0 radical (unpaired) electrons. The Bertz CT molecular complexity index is 916. The number of unbranched alkanes of at least 4 members (excludes halogenated alkanes) is 1. The molecule has 27 heavy (non-hydrogen) atoms. The highest BCUT2D eigenvalue weighted by atomic mass is 16.5. The average Bonchev–Trinajstić information content (AvgIpc) is 2.78. The summed E-state index contributed by atoms with van der Waals surface area (Å²) in [6, 6.07) is 6.44. The minimum atomic E-state index is -0.999. The molecule has 0 N–H and O–H groups in total. The first kappa shape index (κ1) is 15.4. The molecule has 0 spiro atoms. The van der Waals surface area contributed by atoms with E-state index in [-0.39, 0.29) is 19.1 Å². The van der Waals surface area contributed by atoms with Crippen LogP contribution in [0, 0.1) is 5.92 Å². The van der Waals surface area contributed by atoms with Crippen LogP contribution in [0.25, 0.3) is 0 Å². The fourth-order valence-electron chi connectivity index (χ4n) is 2.58. The highest BCUT2D eigenvalue weighted by molar-refractivity contribution is 6.03. The molecule has 0 saturated heterocycles. The third-order valence-corrected chi connectivity index (χ3v) is 4.30. The van der Waals surface area contributed by atoms with Crippen molar-refractivity contribution in [3.8, 4) is 0 Å². The van der Waals surface area contributed by atoms with Crippen LogP contribution in [0.3, 0.4) is 0 Å². The molecule has 0 amide bonds. The average molecular weight is 372 g/mol. The van der Waals surface area contributed by atoms with Gasteiger partial charge in [0.2, 0.25) is 0 Å². The summed E-state index contributed by atoms with van der Waals surface area (Å²) in [5, 5.41) is 0. The number of hydrogen-bond donors (Lipinski definition) is 0. The Kier molecular flexibility index (Phi) is 6.39. The van der Waals surface area contributed by atoms with Gasteiger partial charge in [-0.15, -0.1) is 0 Å². The summed E-state index contributed by atoms with van der Waals surface area (Å²) in [4.78, 5) is 25.5. The topological polar surface area (TPSA) is 52.6 Å². The van der Waals surface area contributed by atoms with Crippen molar-refractivity contribution in [1.29, 1.82) is 0 Å². The number of esters is 2. The van der Waals surface area contributed by atoms with E-state index in [0.717, 1.165) is 25.7 Å². The molecule has 4 heteroatoms. The number of ether oxygens (including phenoxy) is 2. The van der Waals surface area contributed by atoms with Gasteiger partial charge in [-0.05, 0) is 30.0 Å². The summed E-state index contributed by atoms with van der Waals surface area (Å²) in [5.41, 5.74) is -0.287. The van der Waals surface area contributed by atoms with Gasteiger partial charge in [-0.1, -0.05) is 75.5 Å². The van der Waals surface area contributed by atoms with Gasteiger partial charge in [0.15, 0.2) is 0 Å². The first-order chi connectivity index (χ1) is 14.8. The van der Waals surface area contributed by atoms with E-state index in [9.17, 15) is 9.59 Å². The number of benzene rings is 2. The van der Waals surface area contributed by atoms with Gasteiger partial charge in [0, 0.05) is 0 Å².